The van der Waals surface area contributed by atoms with Gasteiger partial charge in [0.15, 0.2) is 17.3 Å². The van der Waals surface area contributed by atoms with Gasteiger partial charge in [0.05, 0.1) is 110 Å². The number of anilines is 1. The van der Waals surface area contributed by atoms with Gasteiger partial charge in [0.2, 0.25) is 59.1 Å². The Labute approximate surface area is 655 Å². The Balaban J connectivity index is 1.20. The second-order valence-electron chi connectivity index (χ2n) is 29.0. The zero-order chi connectivity index (χ0) is 83.5. The number of hydrogen-bond acceptors (Lipinski definition) is 25. The second kappa shape index (κ2) is 44.5. The molecule has 37 nitrogen and oxygen atoms in total. The lowest BCUT2D eigenvalue weighted by Crippen LogP contribution is -2.56. The molecule has 17 N–H and O–H groups in total. The number of benzene rings is 2. The van der Waals surface area contributed by atoms with Gasteiger partial charge in [0.1, 0.15) is 35.2 Å². The molecule has 1 aromatic heterocycles. The van der Waals surface area contributed by atoms with E-state index in [-0.39, 0.29) is 90.8 Å². The number of nitrogens with zero attached hydrogens (tertiary/aromatic N) is 2. The molecule has 4 heterocycles. The fourth-order valence-electron chi connectivity index (χ4n) is 13.1. The van der Waals surface area contributed by atoms with E-state index < -0.39 is 260 Å². The van der Waals surface area contributed by atoms with Gasteiger partial charge < -0.3 is 103 Å². The second-order valence-corrected chi connectivity index (χ2v) is 30.5. The molecule has 38 heteroatoms. The third-order valence-corrected chi connectivity index (χ3v) is 21.3. The Morgan fingerprint density at radius 1 is 0.752 bits per heavy atom. The molecule has 0 aliphatic carbocycles. The highest BCUT2D eigenvalue weighted by Gasteiger charge is 2.46. The van der Waals surface area contributed by atoms with Gasteiger partial charge in [-0.1, -0.05) is 46.2 Å². The summed E-state index contributed by atoms with van der Waals surface area (Å²) in [5, 5.41) is 49.8. The fourth-order valence-corrected chi connectivity index (χ4v) is 14.5. The molecule has 11 amide bonds. The van der Waals surface area contributed by atoms with Gasteiger partial charge in [-0.15, -0.1) is 0 Å². The number of nitrogens with one attached hydrogen (secondary N) is 8. The zero-order valence-electron chi connectivity index (χ0n) is 64.5. The highest BCUT2D eigenvalue weighted by Crippen LogP contribution is 2.34. The number of aliphatic hydroxyl groups excluding tert-OH is 3. The van der Waals surface area contributed by atoms with E-state index in [0.29, 0.717) is 31.7 Å². The smallest absolute Gasteiger partial charge is 0.415 e. The molecule has 3 aliphatic heterocycles. The minimum atomic E-state index is -2.50. The van der Waals surface area contributed by atoms with Crippen LogP contribution in [0.5, 0.6) is 5.75 Å². The Kier molecular flexibility index (Phi) is 36.1. The van der Waals surface area contributed by atoms with Crippen molar-refractivity contribution in [3.63, 3.8) is 0 Å². The number of ketones is 4. The summed E-state index contributed by atoms with van der Waals surface area (Å²) in [6.45, 7) is 9.17. The summed E-state index contributed by atoms with van der Waals surface area (Å²) in [5.41, 5.74) is 17.4. The summed E-state index contributed by atoms with van der Waals surface area (Å²) in [4.78, 5) is 225. The molecule has 1 fully saturated rings. The van der Waals surface area contributed by atoms with E-state index in [0.717, 1.165) is 4.90 Å². The maximum absolute atomic E-state index is 15.3. The number of rotatable bonds is 34. The standard InChI is InChI=1S/C75H107N13O24S/c1-8-40(4)66-72(105)80-33-63(98)83-55-38-113(108)73-53(25-45(69(102)79-34-64(99)85-66)27-59(94)67(42(6)60(95)36-89)86-71(104)56-31-50(91)35-88(56)74(106)47(28-58(55)93)30-62(78)97)52-16-15-51(32-54(52)84-73)112-75(107)87(39(2)3)19-9-10-65(100)111-37-44-11-13-48(14-12-44)82-70(103)46(29-61(77)96)26-57(92)43(7)81-68(101)41(5)24-49(90)17-20-109-22-23-110-21-18-76/h11-16,32,39-43,45-47,50,55-56,60,66-67,84,89,91,95H,8-10,17-31,33-38,76H2,1-7H3,(H2,77,96)(H2,78,97)(H,79,102)(H,80,105)(H,81,101)(H,82,103)(H,83,98)(H,85,99)(H,86,104)/t40-,41+,42-,43-,45-,46-,47-,50+,55-,56-,60-,66-,67-,113?/m0/s1. The average molecular weight is 1610 g/mol. The molecule has 1 saturated heterocycles. The molecule has 0 radical (unpaired) electrons. The number of nitrogens with two attached hydrogens (primary N) is 3. The zero-order valence-corrected chi connectivity index (χ0v) is 65.4. The van der Waals surface area contributed by atoms with Crippen LogP contribution in [0.25, 0.3) is 10.9 Å². The topological polar surface area (TPSA) is 572 Å². The number of aliphatic hydroxyl groups is 3. The number of aromatic nitrogens is 1. The predicted octanol–water partition coefficient (Wildman–Crippen LogP) is -1.84. The molecule has 622 valence electrons. The van der Waals surface area contributed by atoms with Crippen LogP contribution in [0.3, 0.4) is 0 Å². The Hall–Kier alpha value is -9.99. The molecule has 0 spiro atoms. The van der Waals surface area contributed by atoms with Crippen LogP contribution >= 0.6 is 0 Å². The quantitative estimate of drug-likeness (QED) is 0.0231. The van der Waals surface area contributed by atoms with Crippen molar-refractivity contribution in [3.8, 4) is 5.75 Å². The number of ether oxygens (including phenoxy) is 4. The molecular formula is C75H107N13O24S. The number of hydrogen-bond donors (Lipinski definition) is 14. The normalized spacial score (nSPS) is 22.0. The van der Waals surface area contributed by atoms with Crippen molar-refractivity contribution < 1.29 is 115 Å². The van der Waals surface area contributed by atoms with Crippen molar-refractivity contribution in [2.45, 2.75) is 186 Å². The number of aromatic amines is 1. The van der Waals surface area contributed by atoms with E-state index in [1.807, 2.05) is 0 Å². The van der Waals surface area contributed by atoms with E-state index in [4.69, 9.17) is 36.1 Å². The van der Waals surface area contributed by atoms with E-state index in [2.05, 4.69) is 42.2 Å². The highest BCUT2D eigenvalue weighted by atomic mass is 32.2. The number of fused-ring (bicyclic) bond motifs is 5. The third-order valence-electron chi connectivity index (χ3n) is 19.8. The van der Waals surface area contributed by atoms with Crippen LogP contribution in [0.1, 0.15) is 130 Å². The van der Waals surface area contributed by atoms with Crippen LogP contribution in [0, 0.1) is 35.5 Å². The van der Waals surface area contributed by atoms with Crippen molar-refractivity contribution in [1.29, 1.82) is 0 Å². The largest absolute Gasteiger partial charge is 0.461 e. The lowest BCUT2D eigenvalue weighted by molar-refractivity contribution is -0.145. The van der Waals surface area contributed by atoms with Crippen molar-refractivity contribution in [3.05, 3.63) is 53.6 Å². The van der Waals surface area contributed by atoms with Gasteiger partial charge in [-0.2, -0.15) is 0 Å². The maximum Gasteiger partial charge on any atom is 0.415 e. The van der Waals surface area contributed by atoms with Crippen LogP contribution in [0.4, 0.5) is 10.5 Å². The first kappa shape index (κ1) is 91.9. The maximum atomic E-state index is 15.3. The summed E-state index contributed by atoms with van der Waals surface area (Å²) in [6, 6.07) is 2.16. The van der Waals surface area contributed by atoms with E-state index >= 15 is 9.00 Å². The van der Waals surface area contributed by atoms with Gasteiger partial charge in [-0.05, 0) is 74.9 Å². The molecule has 6 rings (SSSR count). The number of Topliss-reactive ketones (excluding diaryl/α,β-unsaturated/α-hetero) is 4. The van der Waals surface area contributed by atoms with Crippen LogP contribution in [-0.2, 0) is 110 Å². The number of primary amides is 2. The summed E-state index contributed by atoms with van der Waals surface area (Å²) >= 11 is 0. The summed E-state index contributed by atoms with van der Waals surface area (Å²) in [6.07, 6.45) is -8.23. The predicted molar refractivity (Wildman–Crippen MR) is 404 cm³/mol. The summed E-state index contributed by atoms with van der Waals surface area (Å²) in [5.74, 6) is -20.5. The molecule has 14 atom stereocenters. The number of carbonyl (C=O) groups excluding carboxylic acids is 16. The number of esters is 1. The van der Waals surface area contributed by atoms with Crippen LogP contribution < -0.4 is 59.2 Å². The van der Waals surface area contributed by atoms with Crippen LogP contribution in [0.15, 0.2) is 47.5 Å². The van der Waals surface area contributed by atoms with Crippen molar-refractivity contribution in [1.82, 2.24) is 46.7 Å². The van der Waals surface area contributed by atoms with Gasteiger partial charge in [-0.25, -0.2) is 4.79 Å². The SMILES string of the molecule is CC[C@H](C)[C@@H]1NC(=O)CNC(=O)[C@@H]2CC(=O)[C@H]([C@@H](C)[C@@H](O)CO)NC(=O)[C@@H]3C[C@@H](O)CN3C(=O)[C@H](CC(N)=O)CC(=O)[C@H](CS(=O)c3[nH]c4cc(OC(=O)N(CCCC(=O)OCc5ccc(NC(=O)[C@H](CC(N)=O)CC(=O)[C@H](C)NC(=O)[C@H](C)CC(=O)CCOCCOCCN)cc5)C(C)C)ccc4c3C2)NC(=O)CNC1=O. The molecular weight excluding hydrogens is 1500 g/mol. The van der Waals surface area contributed by atoms with E-state index in [1.165, 1.54) is 56.0 Å². The molecule has 1 unspecified atom stereocenters. The molecule has 0 saturated carbocycles. The lowest BCUT2D eigenvalue weighted by atomic mass is 9.85. The molecule has 2 bridgehead atoms. The number of amides is 11. The van der Waals surface area contributed by atoms with Crippen LogP contribution in [-0.4, -0.2) is 249 Å². The minimum absolute atomic E-state index is 0.0348. The first-order valence-corrected chi connectivity index (χ1v) is 39.0. The average Bonchev–Trinajstić information content (AvgIpc) is 1.63. The molecule has 3 aliphatic rings. The Bertz CT molecular complexity index is 3970. The van der Waals surface area contributed by atoms with Crippen molar-refractivity contribution >= 4 is 122 Å². The van der Waals surface area contributed by atoms with E-state index in [9.17, 15) is 87.2 Å². The lowest BCUT2D eigenvalue weighted by Gasteiger charge is -2.32. The van der Waals surface area contributed by atoms with Crippen molar-refractivity contribution in [2.24, 2.45) is 52.7 Å². The Morgan fingerprint density at radius 3 is 2.07 bits per heavy atom. The first-order valence-electron chi connectivity index (χ1n) is 37.6. The minimum Gasteiger partial charge on any atom is -0.461 e. The number of carbonyl (C=O) groups is 16. The number of H-pyrrole nitrogens is 1. The third kappa shape index (κ3) is 28.0. The molecule has 113 heavy (non-hydrogen) atoms. The van der Waals surface area contributed by atoms with E-state index in [1.54, 1.807) is 39.8 Å². The molecule has 2 aromatic carbocycles. The van der Waals surface area contributed by atoms with Gasteiger partial charge >= 0.3 is 12.1 Å². The summed E-state index contributed by atoms with van der Waals surface area (Å²) in [7, 11) is -2.50. The fraction of sp³-hybridized carbons (Fsp3) is 0.600. The summed E-state index contributed by atoms with van der Waals surface area (Å²) < 4.78 is 37.3. The van der Waals surface area contributed by atoms with Gasteiger partial charge in [0.25, 0.3) is 0 Å². The van der Waals surface area contributed by atoms with Gasteiger partial charge in [0, 0.05) is 118 Å². The van der Waals surface area contributed by atoms with Gasteiger partial charge in [-0.3, -0.25) is 76.1 Å². The monoisotopic (exact) mass is 1610 g/mol. The Morgan fingerprint density at radius 2 is 1.42 bits per heavy atom. The van der Waals surface area contributed by atoms with Crippen molar-refractivity contribution in [2.75, 3.05) is 76.8 Å². The first-order chi connectivity index (χ1) is 53.5. The highest BCUT2D eigenvalue weighted by molar-refractivity contribution is 7.85. The van der Waals surface area contributed by atoms with Crippen LogP contribution in [0.2, 0.25) is 0 Å². The molecule has 3 aromatic rings.